The zero-order valence-corrected chi connectivity index (χ0v) is 18.1. The van der Waals surface area contributed by atoms with Crippen molar-refractivity contribution in [2.24, 2.45) is 5.73 Å². The molecule has 0 amide bonds. The molecule has 3 aromatic carbocycles. The Balaban J connectivity index is 1.82. The summed E-state index contributed by atoms with van der Waals surface area (Å²) in [5, 5.41) is 3.25. The van der Waals surface area contributed by atoms with Gasteiger partial charge in [-0.1, -0.05) is 30.8 Å². The molecule has 0 atom stereocenters. The summed E-state index contributed by atoms with van der Waals surface area (Å²) in [5.74, 6) is 0.439. The number of nitrogens with one attached hydrogen (secondary N) is 1. The minimum absolute atomic E-state index is 0.000328. The highest BCUT2D eigenvalue weighted by molar-refractivity contribution is 7.98. The Morgan fingerprint density at radius 3 is 2.47 bits per heavy atom. The van der Waals surface area contributed by atoms with Crippen LogP contribution < -0.4 is 11.1 Å². The normalized spacial score (nSPS) is 11.6. The summed E-state index contributed by atoms with van der Waals surface area (Å²) in [4.78, 5) is 5.76. The molecule has 1 aromatic heterocycles. The van der Waals surface area contributed by atoms with Gasteiger partial charge in [0.15, 0.2) is 0 Å². The maximum Gasteiger partial charge on any atom is 0.416 e. The topological polar surface area (TPSA) is 55.9 Å². The third-order valence-corrected chi connectivity index (χ3v) is 5.86. The summed E-state index contributed by atoms with van der Waals surface area (Å²) in [6.45, 7) is 3.75. The lowest BCUT2D eigenvalue weighted by Crippen LogP contribution is -2.12. The number of benzene rings is 3. The zero-order chi connectivity index (χ0) is 22.9. The Bertz CT molecular complexity index is 1280. The number of halogens is 3. The van der Waals surface area contributed by atoms with Gasteiger partial charge in [0.05, 0.1) is 23.1 Å². The summed E-state index contributed by atoms with van der Waals surface area (Å²) in [5.41, 5.74) is 8.51. The van der Waals surface area contributed by atoms with E-state index in [4.69, 9.17) is 5.73 Å². The van der Waals surface area contributed by atoms with Crippen LogP contribution >= 0.6 is 11.8 Å². The van der Waals surface area contributed by atoms with Crippen LogP contribution in [0.1, 0.15) is 16.7 Å². The largest absolute Gasteiger partial charge is 0.416 e. The standard InChI is InChI=1S/C24H21F3N4S/c1-15(28)16-7-12-22-21(13-16)30-23(29-18-8-10-19(32-2)11-9-18)31(22)14-17-5-3-4-6-20(17)24(25,26)27/h3-13H,1,14,28H2,2H3,(H,29,30). The number of aromatic nitrogens is 2. The van der Waals surface area contributed by atoms with Crippen LogP contribution in [-0.2, 0) is 12.7 Å². The van der Waals surface area contributed by atoms with E-state index in [0.717, 1.165) is 16.6 Å². The molecule has 0 radical (unpaired) electrons. The van der Waals surface area contributed by atoms with E-state index < -0.39 is 11.7 Å². The molecule has 0 spiro atoms. The number of hydrogen-bond donors (Lipinski definition) is 2. The van der Waals surface area contributed by atoms with E-state index in [-0.39, 0.29) is 12.1 Å². The van der Waals surface area contributed by atoms with E-state index in [1.807, 2.05) is 30.5 Å². The lowest BCUT2D eigenvalue weighted by Gasteiger charge is -2.16. The lowest BCUT2D eigenvalue weighted by atomic mass is 10.1. The first-order valence-electron chi connectivity index (χ1n) is 9.77. The second kappa shape index (κ2) is 8.63. The van der Waals surface area contributed by atoms with Crippen LogP contribution in [0.25, 0.3) is 16.7 Å². The third kappa shape index (κ3) is 4.45. The van der Waals surface area contributed by atoms with Crippen LogP contribution in [0.3, 0.4) is 0 Å². The summed E-state index contributed by atoms with van der Waals surface area (Å²) < 4.78 is 42.5. The van der Waals surface area contributed by atoms with Crippen molar-refractivity contribution in [2.45, 2.75) is 17.6 Å². The van der Waals surface area contributed by atoms with E-state index in [0.29, 0.717) is 28.2 Å². The van der Waals surface area contributed by atoms with E-state index >= 15 is 0 Å². The van der Waals surface area contributed by atoms with Crippen LogP contribution in [0, 0.1) is 0 Å². The van der Waals surface area contributed by atoms with E-state index in [2.05, 4.69) is 16.9 Å². The van der Waals surface area contributed by atoms with Gasteiger partial charge in [0.2, 0.25) is 5.95 Å². The molecule has 4 rings (SSSR count). The summed E-state index contributed by atoms with van der Waals surface area (Å²) in [7, 11) is 0. The average Bonchev–Trinajstić information content (AvgIpc) is 3.10. The van der Waals surface area contributed by atoms with Crippen LogP contribution in [0.2, 0.25) is 0 Å². The Morgan fingerprint density at radius 2 is 1.81 bits per heavy atom. The predicted octanol–water partition coefficient (Wildman–Crippen LogP) is 6.50. The molecule has 0 aliphatic rings. The highest BCUT2D eigenvalue weighted by Gasteiger charge is 2.33. The van der Waals surface area contributed by atoms with Crippen molar-refractivity contribution in [1.29, 1.82) is 0 Å². The first kappa shape index (κ1) is 21.8. The number of alkyl halides is 3. The van der Waals surface area contributed by atoms with Gasteiger partial charge in [-0.25, -0.2) is 4.98 Å². The van der Waals surface area contributed by atoms with Gasteiger partial charge < -0.3 is 15.6 Å². The minimum Gasteiger partial charge on any atom is -0.399 e. The maximum absolute atomic E-state index is 13.6. The molecule has 0 saturated heterocycles. The first-order valence-corrected chi connectivity index (χ1v) is 11.0. The maximum atomic E-state index is 13.6. The van der Waals surface area contributed by atoms with Crippen molar-refractivity contribution >= 4 is 40.1 Å². The van der Waals surface area contributed by atoms with Crippen LogP contribution in [-0.4, -0.2) is 15.8 Å². The van der Waals surface area contributed by atoms with Gasteiger partial charge in [-0.3, -0.25) is 0 Å². The van der Waals surface area contributed by atoms with Gasteiger partial charge in [0.25, 0.3) is 0 Å². The van der Waals surface area contributed by atoms with E-state index in [1.54, 1.807) is 40.6 Å². The second-order valence-corrected chi connectivity index (χ2v) is 8.14. The van der Waals surface area contributed by atoms with Gasteiger partial charge in [0, 0.05) is 16.3 Å². The summed E-state index contributed by atoms with van der Waals surface area (Å²) >= 11 is 1.63. The number of rotatable bonds is 6. The van der Waals surface area contributed by atoms with Crippen molar-refractivity contribution < 1.29 is 13.2 Å². The van der Waals surface area contributed by atoms with Crippen LogP contribution in [0.4, 0.5) is 24.8 Å². The summed E-state index contributed by atoms with van der Waals surface area (Å²) in [6, 6.07) is 18.7. The van der Waals surface area contributed by atoms with E-state index in [9.17, 15) is 13.2 Å². The van der Waals surface area contributed by atoms with Crippen LogP contribution in [0.15, 0.2) is 78.2 Å². The smallest absolute Gasteiger partial charge is 0.399 e. The van der Waals surface area contributed by atoms with Gasteiger partial charge in [0.1, 0.15) is 0 Å². The molecule has 164 valence electrons. The highest BCUT2D eigenvalue weighted by atomic mass is 32.2. The fourth-order valence-corrected chi connectivity index (χ4v) is 3.90. The number of nitrogens with two attached hydrogens (primary N) is 1. The second-order valence-electron chi connectivity index (χ2n) is 7.26. The first-order chi connectivity index (χ1) is 15.3. The molecule has 0 unspecified atom stereocenters. The molecular weight excluding hydrogens is 433 g/mol. The molecule has 8 heteroatoms. The van der Waals surface area contributed by atoms with Crippen LogP contribution in [0.5, 0.6) is 0 Å². The van der Waals surface area contributed by atoms with E-state index in [1.165, 1.54) is 12.1 Å². The van der Waals surface area contributed by atoms with Crippen molar-refractivity contribution in [3.63, 3.8) is 0 Å². The molecule has 32 heavy (non-hydrogen) atoms. The van der Waals surface area contributed by atoms with Crippen molar-refractivity contribution in [3.8, 4) is 0 Å². The Morgan fingerprint density at radius 1 is 1.09 bits per heavy atom. The molecular formula is C24H21F3N4S. The van der Waals surface area contributed by atoms with Crippen molar-refractivity contribution in [3.05, 3.63) is 90.0 Å². The number of imidazole rings is 1. The fraction of sp³-hybridized carbons (Fsp3) is 0.125. The molecule has 0 bridgehead atoms. The molecule has 4 nitrogen and oxygen atoms in total. The molecule has 4 aromatic rings. The molecule has 0 fully saturated rings. The number of nitrogens with zero attached hydrogens (tertiary/aromatic N) is 2. The fourth-order valence-electron chi connectivity index (χ4n) is 3.49. The van der Waals surface area contributed by atoms with Gasteiger partial charge >= 0.3 is 6.18 Å². The quantitative estimate of drug-likeness (QED) is 0.327. The minimum atomic E-state index is -4.45. The molecule has 0 aliphatic heterocycles. The Labute approximate surface area is 188 Å². The van der Waals surface area contributed by atoms with Gasteiger partial charge in [-0.05, 0) is 59.8 Å². The van der Waals surface area contributed by atoms with Crippen molar-refractivity contribution in [1.82, 2.24) is 9.55 Å². The Kier molecular flexibility index (Phi) is 5.88. The van der Waals surface area contributed by atoms with Gasteiger partial charge in [-0.15, -0.1) is 11.8 Å². The van der Waals surface area contributed by atoms with Crippen molar-refractivity contribution in [2.75, 3.05) is 11.6 Å². The average molecular weight is 455 g/mol. The summed E-state index contributed by atoms with van der Waals surface area (Å²) in [6.07, 6.45) is -2.46. The number of thioether (sulfide) groups is 1. The highest BCUT2D eigenvalue weighted by Crippen LogP contribution is 2.34. The SMILES string of the molecule is C=C(N)c1ccc2c(c1)nc(Nc1ccc(SC)cc1)n2Cc1ccccc1C(F)(F)F. The molecule has 3 N–H and O–H groups in total. The third-order valence-electron chi connectivity index (χ3n) is 5.12. The zero-order valence-electron chi connectivity index (χ0n) is 17.3. The molecule has 0 saturated carbocycles. The number of anilines is 2. The van der Waals surface area contributed by atoms with Gasteiger partial charge in [-0.2, -0.15) is 13.2 Å². The predicted molar refractivity (Wildman–Crippen MR) is 125 cm³/mol. The number of hydrogen-bond acceptors (Lipinski definition) is 4. The molecule has 1 heterocycles. The lowest BCUT2D eigenvalue weighted by molar-refractivity contribution is -0.138. The Hall–Kier alpha value is -3.39. The molecule has 0 aliphatic carbocycles. The monoisotopic (exact) mass is 454 g/mol. The number of fused-ring (bicyclic) bond motifs is 1.